The number of fused-ring (bicyclic) bond motifs is 1. The molecule has 0 aromatic heterocycles. The van der Waals surface area contributed by atoms with Crippen LogP contribution in [-0.4, -0.2) is 12.0 Å². The van der Waals surface area contributed by atoms with Gasteiger partial charge in [-0.25, -0.2) is 0 Å². The number of hydrogen-bond acceptors (Lipinski definition) is 2. The molecule has 1 aliphatic heterocycles. The third kappa shape index (κ3) is 1.45. The molecule has 1 unspecified atom stereocenters. The van der Waals surface area contributed by atoms with Crippen LogP contribution >= 0.6 is 23.2 Å². The molecule has 1 heterocycles. The van der Waals surface area contributed by atoms with Crippen molar-refractivity contribution >= 4 is 40.9 Å². The molecule has 0 N–H and O–H groups in total. The van der Waals surface area contributed by atoms with Gasteiger partial charge in [0.25, 0.3) is 0 Å². The van der Waals surface area contributed by atoms with Crippen LogP contribution in [0.15, 0.2) is 17.1 Å². The Bertz CT molecular complexity index is 440. The number of carbonyl (C=O) groups is 1. The van der Waals surface area contributed by atoms with E-state index in [4.69, 9.17) is 23.2 Å². The van der Waals surface area contributed by atoms with E-state index in [1.165, 1.54) is 0 Å². The molecule has 0 bridgehead atoms. The van der Waals surface area contributed by atoms with Crippen molar-refractivity contribution in [3.63, 3.8) is 0 Å². The first-order chi connectivity index (χ1) is 6.59. The average Bonchev–Trinajstić information content (AvgIpc) is 2.12. The van der Waals surface area contributed by atoms with Crippen LogP contribution in [0.25, 0.3) is 0 Å². The highest BCUT2D eigenvalue weighted by Crippen LogP contribution is 2.35. The first-order valence-corrected chi connectivity index (χ1v) is 4.92. The number of Topliss-reactive ketones (excluding diaryl/α,β-unsaturated/α-hetero) is 1. The number of ketones is 1. The second kappa shape index (κ2) is 3.37. The summed E-state index contributed by atoms with van der Waals surface area (Å²) in [6.07, 6.45) is 1.60. The third-order valence-corrected chi connectivity index (χ3v) is 2.64. The van der Waals surface area contributed by atoms with Crippen LogP contribution in [0.2, 0.25) is 10.0 Å². The van der Waals surface area contributed by atoms with Crippen molar-refractivity contribution in [2.45, 2.75) is 6.92 Å². The molecule has 0 amide bonds. The molecule has 4 heteroatoms. The maximum Gasteiger partial charge on any atom is 0.173 e. The molecule has 2 rings (SSSR count). The molecule has 0 aliphatic carbocycles. The van der Waals surface area contributed by atoms with Gasteiger partial charge in [-0.1, -0.05) is 30.1 Å². The van der Waals surface area contributed by atoms with E-state index in [0.717, 1.165) is 0 Å². The van der Waals surface area contributed by atoms with Crippen molar-refractivity contribution in [3.8, 4) is 0 Å². The Kier molecular flexibility index (Phi) is 2.33. The molecule has 2 nitrogen and oxygen atoms in total. The molecule has 1 aromatic carbocycles. The number of hydrogen-bond donors (Lipinski definition) is 0. The summed E-state index contributed by atoms with van der Waals surface area (Å²) in [6, 6.07) is 3.20. The Hall–Kier alpha value is -0.860. The van der Waals surface area contributed by atoms with Crippen molar-refractivity contribution in [2.24, 2.45) is 10.9 Å². The van der Waals surface area contributed by atoms with Crippen molar-refractivity contribution in [1.82, 2.24) is 0 Å². The van der Waals surface area contributed by atoms with Crippen LogP contribution in [0.4, 0.5) is 5.69 Å². The molecule has 72 valence electrons. The maximum absolute atomic E-state index is 11.7. The summed E-state index contributed by atoms with van der Waals surface area (Å²) < 4.78 is 0. The molecule has 0 radical (unpaired) electrons. The Labute approximate surface area is 91.5 Å². The van der Waals surface area contributed by atoms with Gasteiger partial charge >= 0.3 is 0 Å². The van der Waals surface area contributed by atoms with Gasteiger partial charge in [0.2, 0.25) is 0 Å². The van der Waals surface area contributed by atoms with Gasteiger partial charge in [-0.3, -0.25) is 9.79 Å². The summed E-state index contributed by atoms with van der Waals surface area (Å²) in [4.78, 5) is 15.8. The predicted octanol–water partition coefficient (Wildman–Crippen LogP) is 3.53. The fraction of sp³-hybridized carbons (Fsp3) is 0.200. The molecule has 0 spiro atoms. The SMILES string of the molecule is CC1C=Nc2c(Cl)cc(Cl)cc2C1=O. The smallest absolute Gasteiger partial charge is 0.173 e. The highest BCUT2D eigenvalue weighted by Gasteiger charge is 2.23. The van der Waals surface area contributed by atoms with Gasteiger partial charge in [-0.15, -0.1) is 0 Å². The van der Waals surface area contributed by atoms with E-state index in [9.17, 15) is 4.79 Å². The fourth-order valence-electron chi connectivity index (χ4n) is 1.38. The Morgan fingerprint density at radius 2 is 2.07 bits per heavy atom. The van der Waals surface area contributed by atoms with Gasteiger partial charge in [0.05, 0.1) is 16.6 Å². The Morgan fingerprint density at radius 1 is 1.36 bits per heavy atom. The lowest BCUT2D eigenvalue weighted by molar-refractivity contribution is 0.0962. The monoisotopic (exact) mass is 227 g/mol. The third-order valence-electron chi connectivity index (χ3n) is 2.13. The highest BCUT2D eigenvalue weighted by atomic mass is 35.5. The number of rotatable bonds is 0. The molecule has 1 aliphatic rings. The zero-order valence-corrected chi connectivity index (χ0v) is 8.93. The number of benzene rings is 1. The molecule has 0 fully saturated rings. The lowest BCUT2D eigenvalue weighted by Crippen LogP contribution is -2.16. The molecule has 0 saturated heterocycles. The van der Waals surface area contributed by atoms with E-state index in [1.807, 2.05) is 0 Å². The zero-order valence-electron chi connectivity index (χ0n) is 7.42. The Balaban J connectivity index is 2.68. The molecule has 14 heavy (non-hydrogen) atoms. The lowest BCUT2D eigenvalue weighted by atomic mass is 9.96. The molecule has 1 atom stereocenters. The summed E-state index contributed by atoms with van der Waals surface area (Å²) in [5, 5.41) is 0.885. The number of aliphatic imine (C=N–C) groups is 1. The average molecular weight is 228 g/mol. The predicted molar refractivity (Wildman–Crippen MR) is 58.1 cm³/mol. The largest absolute Gasteiger partial charge is 0.293 e. The van der Waals surface area contributed by atoms with Crippen molar-refractivity contribution in [3.05, 3.63) is 27.7 Å². The van der Waals surface area contributed by atoms with E-state index in [1.54, 1.807) is 25.3 Å². The second-order valence-corrected chi connectivity index (χ2v) is 4.06. The minimum atomic E-state index is -0.197. The Morgan fingerprint density at radius 3 is 2.79 bits per heavy atom. The van der Waals surface area contributed by atoms with E-state index in [-0.39, 0.29) is 11.7 Å². The van der Waals surface area contributed by atoms with Gasteiger partial charge in [0, 0.05) is 16.8 Å². The normalized spacial score (nSPS) is 19.6. The molecular formula is C10H7Cl2NO. The van der Waals surface area contributed by atoms with Crippen LogP contribution < -0.4 is 0 Å². The van der Waals surface area contributed by atoms with Gasteiger partial charge in [-0.05, 0) is 12.1 Å². The van der Waals surface area contributed by atoms with Crippen LogP contribution in [0.5, 0.6) is 0 Å². The summed E-state index contributed by atoms with van der Waals surface area (Å²) in [5.74, 6) is -0.184. The maximum atomic E-state index is 11.7. The van der Waals surface area contributed by atoms with Crippen LogP contribution in [-0.2, 0) is 0 Å². The van der Waals surface area contributed by atoms with E-state index < -0.39 is 0 Å². The minimum absolute atomic E-state index is 0.0133. The van der Waals surface area contributed by atoms with Crippen LogP contribution in [0.1, 0.15) is 17.3 Å². The van der Waals surface area contributed by atoms with Crippen LogP contribution in [0.3, 0.4) is 0 Å². The zero-order chi connectivity index (χ0) is 10.3. The van der Waals surface area contributed by atoms with Crippen molar-refractivity contribution in [1.29, 1.82) is 0 Å². The summed E-state index contributed by atoms with van der Waals surface area (Å²) in [6.45, 7) is 1.80. The minimum Gasteiger partial charge on any atom is -0.293 e. The van der Waals surface area contributed by atoms with Crippen LogP contribution in [0, 0.1) is 5.92 Å². The van der Waals surface area contributed by atoms with Gasteiger partial charge in [0.1, 0.15) is 0 Å². The number of halogens is 2. The van der Waals surface area contributed by atoms with Crippen molar-refractivity contribution < 1.29 is 4.79 Å². The van der Waals surface area contributed by atoms with E-state index in [2.05, 4.69) is 4.99 Å². The van der Waals surface area contributed by atoms with Gasteiger partial charge in [-0.2, -0.15) is 0 Å². The first-order valence-electron chi connectivity index (χ1n) is 4.17. The lowest BCUT2D eigenvalue weighted by Gasteiger charge is -2.14. The highest BCUT2D eigenvalue weighted by molar-refractivity contribution is 6.37. The van der Waals surface area contributed by atoms with Crippen molar-refractivity contribution in [2.75, 3.05) is 0 Å². The standard InChI is InChI=1S/C10H7Cl2NO/c1-5-4-13-9-7(10(5)14)2-6(11)3-8(9)12/h2-5H,1H3. The number of nitrogens with zero attached hydrogens (tertiary/aromatic N) is 1. The molecule has 0 saturated carbocycles. The summed E-state index contributed by atoms with van der Waals surface area (Å²) in [5.41, 5.74) is 1.04. The quantitative estimate of drug-likeness (QED) is 0.667. The molecular weight excluding hydrogens is 221 g/mol. The summed E-state index contributed by atoms with van der Waals surface area (Å²) >= 11 is 11.7. The topological polar surface area (TPSA) is 29.4 Å². The second-order valence-electron chi connectivity index (χ2n) is 3.21. The summed E-state index contributed by atoms with van der Waals surface area (Å²) in [7, 11) is 0. The van der Waals surface area contributed by atoms with E-state index >= 15 is 0 Å². The van der Waals surface area contributed by atoms with Gasteiger partial charge in [0.15, 0.2) is 5.78 Å². The van der Waals surface area contributed by atoms with E-state index in [0.29, 0.717) is 21.3 Å². The fourth-order valence-corrected chi connectivity index (χ4v) is 1.93. The number of carbonyl (C=O) groups excluding carboxylic acids is 1. The first kappa shape index (κ1) is 9.69. The molecule has 1 aromatic rings. The van der Waals surface area contributed by atoms with Gasteiger partial charge < -0.3 is 0 Å².